The van der Waals surface area contributed by atoms with Gasteiger partial charge in [0.2, 0.25) is 0 Å². The number of fused-ring (bicyclic) bond motifs is 1. The lowest BCUT2D eigenvalue weighted by Gasteiger charge is -2.36. The second kappa shape index (κ2) is 6.85. The highest BCUT2D eigenvalue weighted by Crippen LogP contribution is 2.32. The van der Waals surface area contributed by atoms with Crippen LogP contribution in [-0.2, 0) is 6.18 Å². The van der Waals surface area contributed by atoms with Crippen molar-refractivity contribution in [3.63, 3.8) is 0 Å². The lowest BCUT2D eigenvalue weighted by atomic mass is 10.1. The summed E-state index contributed by atoms with van der Waals surface area (Å²) < 4.78 is 52.0. The van der Waals surface area contributed by atoms with Gasteiger partial charge in [-0.1, -0.05) is 6.07 Å². The van der Waals surface area contributed by atoms with Crippen molar-refractivity contribution in [1.29, 1.82) is 0 Å². The Kier molecular flexibility index (Phi) is 4.49. The molecule has 0 spiro atoms. The number of piperazine rings is 1. The highest BCUT2D eigenvalue weighted by Gasteiger charge is 2.31. The zero-order valence-corrected chi connectivity index (χ0v) is 14.8. The number of carbonyl (C=O) groups excluding carboxylic acids is 1. The minimum atomic E-state index is -4.39. The monoisotopic (exact) mass is 391 g/mol. The predicted octanol–water partition coefficient (Wildman–Crippen LogP) is 4.29. The number of rotatable bonds is 2. The smallest absolute Gasteiger partial charge is 0.368 e. The Labute approximate surface area is 158 Å². The Balaban J connectivity index is 1.45. The first kappa shape index (κ1) is 18.3. The molecule has 4 rings (SSSR count). The molecule has 0 aliphatic carbocycles. The Hall–Kier alpha value is -3.03. The number of nitrogens with zero attached hydrogens (tertiary/aromatic N) is 2. The van der Waals surface area contributed by atoms with Crippen LogP contribution in [0.5, 0.6) is 0 Å². The number of aromatic nitrogens is 1. The van der Waals surface area contributed by atoms with Crippen LogP contribution in [0, 0.1) is 5.82 Å². The van der Waals surface area contributed by atoms with Crippen molar-refractivity contribution >= 4 is 22.5 Å². The fourth-order valence-corrected chi connectivity index (χ4v) is 3.44. The molecule has 1 fully saturated rings. The summed E-state index contributed by atoms with van der Waals surface area (Å²) in [5, 5.41) is 0.617. The molecule has 1 saturated heterocycles. The zero-order valence-electron chi connectivity index (χ0n) is 14.8. The Morgan fingerprint density at radius 3 is 2.43 bits per heavy atom. The number of alkyl halides is 3. The van der Waals surface area contributed by atoms with Gasteiger partial charge in [0.15, 0.2) is 0 Å². The summed E-state index contributed by atoms with van der Waals surface area (Å²) in [6.45, 7) is 1.64. The third kappa shape index (κ3) is 3.54. The van der Waals surface area contributed by atoms with Crippen molar-refractivity contribution in [3.8, 4) is 0 Å². The maximum atomic E-state index is 13.3. The Morgan fingerprint density at radius 1 is 0.964 bits per heavy atom. The number of H-pyrrole nitrogens is 1. The maximum absolute atomic E-state index is 13.3. The van der Waals surface area contributed by atoms with E-state index < -0.39 is 11.7 Å². The summed E-state index contributed by atoms with van der Waals surface area (Å²) in [4.78, 5) is 19.2. The van der Waals surface area contributed by atoms with Crippen molar-refractivity contribution in [3.05, 3.63) is 65.6 Å². The number of aromatic amines is 1. The van der Waals surface area contributed by atoms with E-state index in [0.717, 1.165) is 12.1 Å². The average Bonchev–Trinajstić information content (AvgIpc) is 3.10. The molecule has 2 aromatic carbocycles. The summed E-state index contributed by atoms with van der Waals surface area (Å²) in [5.41, 5.74) is 0.845. The molecule has 28 heavy (non-hydrogen) atoms. The van der Waals surface area contributed by atoms with E-state index in [9.17, 15) is 22.4 Å². The first-order valence-corrected chi connectivity index (χ1v) is 8.81. The molecule has 1 aromatic heterocycles. The second-order valence-electron chi connectivity index (χ2n) is 6.74. The fraction of sp³-hybridized carbons (Fsp3) is 0.250. The van der Waals surface area contributed by atoms with Crippen molar-refractivity contribution in [2.75, 3.05) is 31.1 Å². The molecule has 0 radical (unpaired) electrons. The summed E-state index contributed by atoms with van der Waals surface area (Å²) in [6.07, 6.45) is -4.39. The van der Waals surface area contributed by atoms with E-state index in [2.05, 4.69) is 4.98 Å². The van der Waals surface area contributed by atoms with Crippen molar-refractivity contribution in [2.45, 2.75) is 6.18 Å². The van der Waals surface area contributed by atoms with Crippen molar-refractivity contribution < 1.29 is 22.4 Å². The lowest BCUT2D eigenvalue weighted by molar-refractivity contribution is -0.137. The first-order valence-electron chi connectivity index (χ1n) is 8.81. The molecule has 0 saturated carbocycles. The summed E-state index contributed by atoms with van der Waals surface area (Å²) in [7, 11) is 0. The third-order valence-corrected chi connectivity index (χ3v) is 4.92. The number of hydrogen-bond acceptors (Lipinski definition) is 2. The minimum absolute atomic E-state index is 0.208. The molecule has 4 nitrogen and oxygen atoms in total. The normalized spacial score (nSPS) is 15.3. The average molecular weight is 391 g/mol. The van der Waals surface area contributed by atoms with E-state index in [0.29, 0.717) is 48.5 Å². The standard InChI is InChI=1S/C20H17F4N3O/c21-15-4-5-17-13(10-15)11-18(25-17)19(28)27-8-6-26(7-9-27)16-3-1-2-14(12-16)20(22,23)24/h1-5,10-12,25H,6-9H2. The molecule has 0 unspecified atom stereocenters. The first-order chi connectivity index (χ1) is 13.3. The van der Waals surface area contributed by atoms with Crippen LogP contribution in [0.25, 0.3) is 10.9 Å². The number of amides is 1. The Morgan fingerprint density at radius 2 is 1.71 bits per heavy atom. The second-order valence-corrected chi connectivity index (χ2v) is 6.74. The third-order valence-electron chi connectivity index (χ3n) is 4.92. The van der Waals surface area contributed by atoms with E-state index >= 15 is 0 Å². The molecular formula is C20H17F4N3O. The van der Waals surface area contributed by atoms with Crippen LogP contribution < -0.4 is 4.90 Å². The van der Waals surface area contributed by atoms with E-state index in [-0.39, 0.29) is 11.7 Å². The molecular weight excluding hydrogens is 374 g/mol. The molecule has 3 aromatic rings. The van der Waals surface area contributed by atoms with Gasteiger partial charge in [0.25, 0.3) is 5.91 Å². The van der Waals surface area contributed by atoms with Gasteiger partial charge >= 0.3 is 6.18 Å². The minimum Gasteiger partial charge on any atom is -0.368 e. The van der Waals surface area contributed by atoms with Gasteiger partial charge in [-0.2, -0.15) is 13.2 Å². The van der Waals surface area contributed by atoms with Crippen LogP contribution in [0.1, 0.15) is 16.1 Å². The fourth-order valence-electron chi connectivity index (χ4n) is 3.44. The molecule has 8 heteroatoms. The van der Waals surface area contributed by atoms with Gasteiger partial charge in [-0.25, -0.2) is 4.39 Å². The quantitative estimate of drug-likeness (QED) is 0.662. The molecule has 146 valence electrons. The summed E-state index contributed by atoms with van der Waals surface area (Å²) >= 11 is 0. The number of halogens is 4. The molecule has 1 N–H and O–H groups in total. The van der Waals surface area contributed by atoms with Gasteiger partial charge in [0.05, 0.1) is 5.56 Å². The van der Waals surface area contributed by atoms with Gasteiger partial charge in [-0.05, 0) is 42.5 Å². The van der Waals surface area contributed by atoms with Crippen molar-refractivity contribution in [2.24, 2.45) is 0 Å². The van der Waals surface area contributed by atoms with Gasteiger partial charge in [0.1, 0.15) is 11.5 Å². The van der Waals surface area contributed by atoms with Crippen LogP contribution in [0.2, 0.25) is 0 Å². The van der Waals surface area contributed by atoms with Crippen LogP contribution >= 0.6 is 0 Å². The number of benzene rings is 2. The Bertz CT molecular complexity index is 1020. The highest BCUT2D eigenvalue weighted by atomic mass is 19.4. The molecule has 1 aliphatic rings. The summed E-state index contributed by atoms with van der Waals surface area (Å²) in [5.74, 6) is -0.583. The van der Waals surface area contributed by atoms with Gasteiger partial charge in [0, 0.05) is 42.8 Å². The maximum Gasteiger partial charge on any atom is 0.416 e. The molecule has 1 aliphatic heterocycles. The predicted molar refractivity (Wildman–Crippen MR) is 97.8 cm³/mol. The van der Waals surface area contributed by atoms with E-state index in [4.69, 9.17) is 0 Å². The van der Waals surface area contributed by atoms with Crippen LogP contribution in [0.4, 0.5) is 23.2 Å². The molecule has 0 bridgehead atoms. The van der Waals surface area contributed by atoms with Crippen LogP contribution in [0.15, 0.2) is 48.5 Å². The zero-order chi connectivity index (χ0) is 19.9. The summed E-state index contributed by atoms with van der Waals surface area (Å²) in [6, 6.07) is 11.1. The van der Waals surface area contributed by atoms with Gasteiger partial charge in [-0.15, -0.1) is 0 Å². The van der Waals surface area contributed by atoms with Crippen LogP contribution in [0.3, 0.4) is 0 Å². The molecule has 1 amide bonds. The largest absolute Gasteiger partial charge is 0.416 e. The van der Waals surface area contributed by atoms with Crippen LogP contribution in [-0.4, -0.2) is 42.0 Å². The van der Waals surface area contributed by atoms with Crippen molar-refractivity contribution in [1.82, 2.24) is 9.88 Å². The lowest BCUT2D eigenvalue weighted by Crippen LogP contribution is -2.48. The van der Waals surface area contributed by atoms with Gasteiger partial charge in [-0.3, -0.25) is 4.79 Å². The molecule has 2 heterocycles. The number of hydrogen-bond donors (Lipinski definition) is 1. The van der Waals surface area contributed by atoms with Gasteiger partial charge < -0.3 is 14.8 Å². The van der Waals surface area contributed by atoms with E-state index in [1.54, 1.807) is 23.1 Å². The topological polar surface area (TPSA) is 39.3 Å². The molecule has 0 atom stereocenters. The van der Waals surface area contributed by atoms with E-state index in [1.165, 1.54) is 18.2 Å². The number of anilines is 1. The van der Waals surface area contributed by atoms with E-state index in [1.807, 2.05) is 4.90 Å². The highest BCUT2D eigenvalue weighted by molar-refractivity contribution is 5.98. The number of nitrogens with one attached hydrogen (secondary N) is 1. The number of carbonyl (C=O) groups is 1. The SMILES string of the molecule is O=C(c1cc2cc(F)ccc2[nH]1)N1CCN(c2cccc(C(F)(F)F)c2)CC1.